The van der Waals surface area contributed by atoms with Crippen LogP contribution in [0.15, 0.2) is 18.3 Å². The molecule has 0 bridgehead atoms. The molecule has 6 heteroatoms. The molecular weight excluding hydrogens is 292 g/mol. The van der Waals surface area contributed by atoms with Gasteiger partial charge in [-0.15, -0.1) is 0 Å². The summed E-state index contributed by atoms with van der Waals surface area (Å²) in [5, 5.41) is 12.2. The van der Waals surface area contributed by atoms with E-state index < -0.39 is 5.60 Å². The SMILES string of the molecule is CC(C)(C)OC(=O)N1CCCC(CNc2cc(C#N)ccn2)C1. The van der Waals surface area contributed by atoms with Crippen molar-refractivity contribution < 1.29 is 9.53 Å². The zero-order chi connectivity index (χ0) is 16.9. The summed E-state index contributed by atoms with van der Waals surface area (Å²) in [7, 11) is 0. The lowest BCUT2D eigenvalue weighted by Crippen LogP contribution is -2.44. The molecule has 1 fully saturated rings. The number of ether oxygens (including phenoxy) is 1. The highest BCUT2D eigenvalue weighted by Crippen LogP contribution is 2.20. The first-order chi connectivity index (χ1) is 10.9. The minimum Gasteiger partial charge on any atom is -0.444 e. The first-order valence-corrected chi connectivity index (χ1v) is 7.95. The second-order valence-electron chi connectivity index (χ2n) is 6.86. The van der Waals surface area contributed by atoms with E-state index in [2.05, 4.69) is 16.4 Å². The predicted octanol–water partition coefficient (Wildman–Crippen LogP) is 3.01. The number of pyridine rings is 1. The molecule has 1 aliphatic rings. The van der Waals surface area contributed by atoms with Crippen LogP contribution in [0, 0.1) is 17.2 Å². The topological polar surface area (TPSA) is 78.2 Å². The van der Waals surface area contributed by atoms with Crippen molar-refractivity contribution in [1.29, 1.82) is 5.26 Å². The number of piperidine rings is 1. The Morgan fingerprint density at radius 2 is 2.35 bits per heavy atom. The number of likely N-dealkylation sites (tertiary alicyclic amines) is 1. The van der Waals surface area contributed by atoms with Gasteiger partial charge in [-0.25, -0.2) is 9.78 Å². The number of nitrogens with zero attached hydrogens (tertiary/aromatic N) is 3. The van der Waals surface area contributed by atoms with E-state index in [1.807, 2.05) is 20.8 Å². The van der Waals surface area contributed by atoms with Gasteiger partial charge in [-0.05, 0) is 51.7 Å². The maximum absolute atomic E-state index is 12.2. The van der Waals surface area contributed by atoms with Gasteiger partial charge in [0.25, 0.3) is 0 Å². The lowest BCUT2D eigenvalue weighted by Gasteiger charge is -2.34. The van der Waals surface area contributed by atoms with Gasteiger partial charge < -0.3 is 15.0 Å². The molecule has 0 spiro atoms. The Balaban J connectivity index is 1.86. The molecule has 1 saturated heterocycles. The Bertz CT molecular complexity index is 589. The van der Waals surface area contributed by atoms with Crippen molar-refractivity contribution in [2.24, 2.45) is 5.92 Å². The van der Waals surface area contributed by atoms with E-state index in [-0.39, 0.29) is 6.09 Å². The van der Waals surface area contributed by atoms with E-state index in [0.29, 0.717) is 23.8 Å². The maximum atomic E-state index is 12.2. The minimum atomic E-state index is -0.468. The normalized spacial score (nSPS) is 18.2. The zero-order valence-corrected chi connectivity index (χ0v) is 14.0. The van der Waals surface area contributed by atoms with Crippen molar-refractivity contribution in [2.75, 3.05) is 25.0 Å². The summed E-state index contributed by atoms with van der Waals surface area (Å²) in [6.07, 6.45) is 3.41. The van der Waals surface area contributed by atoms with Crippen LogP contribution in [0.3, 0.4) is 0 Å². The summed E-state index contributed by atoms with van der Waals surface area (Å²) in [6.45, 7) is 7.78. The zero-order valence-electron chi connectivity index (χ0n) is 14.0. The molecule has 2 heterocycles. The molecule has 1 amide bonds. The van der Waals surface area contributed by atoms with Crippen molar-refractivity contribution in [3.05, 3.63) is 23.9 Å². The summed E-state index contributed by atoms with van der Waals surface area (Å²) in [6, 6.07) is 5.51. The average Bonchev–Trinajstić information content (AvgIpc) is 2.52. The fourth-order valence-corrected chi connectivity index (χ4v) is 2.57. The lowest BCUT2D eigenvalue weighted by atomic mass is 9.98. The fraction of sp³-hybridized carbons (Fsp3) is 0.588. The highest BCUT2D eigenvalue weighted by atomic mass is 16.6. The van der Waals surface area contributed by atoms with E-state index in [4.69, 9.17) is 10.00 Å². The molecular formula is C17H24N4O2. The van der Waals surface area contributed by atoms with E-state index >= 15 is 0 Å². The van der Waals surface area contributed by atoms with E-state index in [0.717, 1.165) is 25.9 Å². The number of aromatic nitrogens is 1. The average molecular weight is 316 g/mol. The van der Waals surface area contributed by atoms with Gasteiger partial charge in [0.1, 0.15) is 11.4 Å². The molecule has 0 radical (unpaired) electrons. The van der Waals surface area contributed by atoms with Gasteiger partial charge in [-0.1, -0.05) is 0 Å². The monoisotopic (exact) mass is 316 g/mol. The van der Waals surface area contributed by atoms with Gasteiger partial charge >= 0.3 is 6.09 Å². The summed E-state index contributed by atoms with van der Waals surface area (Å²) in [4.78, 5) is 18.1. The Morgan fingerprint density at radius 3 is 3.04 bits per heavy atom. The first kappa shape index (κ1) is 17.1. The highest BCUT2D eigenvalue weighted by molar-refractivity contribution is 5.68. The molecule has 6 nitrogen and oxygen atoms in total. The lowest BCUT2D eigenvalue weighted by molar-refractivity contribution is 0.0172. The Kier molecular flexibility index (Phi) is 5.43. The van der Waals surface area contributed by atoms with Gasteiger partial charge in [0.15, 0.2) is 0 Å². The second-order valence-corrected chi connectivity index (χ2v) is 6.86. The standard InChI is InChI=1S/C17H24N4O2/c1-17(2,3)23-16(22)21-8-4-5-14(12-21)11-20-15-9-13(10-18)6-7-19-15/h6-7,9,14H,4-5,8,11-12H2,1-3H3,(H,19,20). The Hall–Kier alpha value is -2.29. The van der Waals surface area contributed by atoms with Crippen molar-refractivity contribution in [1.82, 2.24) is 9.88 Å². The van der Waals surface area contributed by atoms with Gasteiger partial charge in [-0.2, -0.15) is 5.26 Å². The Labute approximate surface area is 137 Å². The van der Waals surface area contributed by atoms with Crippen LogP contribution in [0.5, 0.6) is 0 Å². The van der Waals surface area contributed by atoms with Crippen LogP contribution in [0.25, 0.3) is 0 Å². The van der Waals surface area contributed by atoms with E-state index in [9.17, 15) is 4.79 Å². The molecule has 124 valence electrons. The van der Waals surface area contributed by atoms with Crippen LogP contribution in [-0.2, 0) is 4.74 Å². The number of amides is 1. The van der Waals surface area contributed by atoms with Crippen LogP contribution in [0.4, 0.5) is 10.6 Å². The van der Waals surface area contributed by atoms with Crippen LogP contribution < -0.4 is 5.32 Å². The number of carbonyl (C=O) groups excluding carboxylic acids is 1. The van der Waals surface area contributed by atoms with Crippen molar-refractivity contribution in [3.63, 3.8) is 0 Å². The number of anilines is 1. The summed E-state index contributed by atoms with van der Waals surface area (Å²) in [5.41, 5.74) is 0.116. The third-order valence-electron chi connectivity index (χ3n) is 3.63. The number of nitrogens with one attached hydrogen (secondary N) is 1. The number of carbonyl (C=O) groups is 1. The molecule has 1 atom stereocenters. The molecule has 2 rings (SSSR count). The minimum absolute atomic E-state index is 0.244. The quantitative estimate of drug-likeness (QED) is 0.927. The van der Waals surface area contributed by atoms with E-state index in [1.54, 1.807) is 23.2 Å². The van der Waals surface area contributed by atoms with Crippen LogP contribution in [0.1, 0.15) is 39.2 Å². The third kappa shape index (κ3) is 5.44. The smallest absolute Gasteiger partial charge is 0.410 e. The van der Waals surface area contributed by atoms with Crippen molar-refractivity contribution in [2.45, 2.75) is 39.2 Å². The largest absolute Gasteiger partial charge is 0.444 e. The maximum Gasteiger partial charge on any atom is 0.410 e. The fourth-order valence-electron chi connectivity index (χ4n) is 2.57. The van der Waals surface area contributed by atoms with Gasteiger partial charge in [0, 0.05) is 25.8 Å². The second kappa shape index (κ2) is 7.32. The third-order valence-corrected chi connectivity index (χ3v) is 3.63. The first-order valence-electron chi connectivity index (χ1n) is 7.95. The molecule has 23 heavy (non-hydrogen) atoms. The van der Waals surface area contributed by atoms with Gasteiger partial charge in [0.05, 0.1) is 11.6 Å². The van der Waals surface area contributed by atoms with E-state index in [1.165, 1.54) is 0 Å². The molecule has 1 aromatic heterocycles. The van der Waals surface area contributed by atoms with Crippen molar-refractivity contribution >= 4 is 11.9 Å². The van der Waals surface area contributed by atoms with Crippen LogP contribution in [0.2, 0.25) is 0 Å². The van der Waals surface area contributed by atoms with Crippen LogP contribution >= 0.6 is 0 Å². The number of hydrogen-bond donors (Lipinski definition) is 1. The van der Waals surface area contributed by atoms with Crippen LogP contribution in [-0.4, -0.2) is 41.2 Å². The molecule has 1 aliphatic heterocycles. The summed E-state index contributed by atoms with van der Waals surface area (Å²) in [5.74, 6) is 1.04. The molecule has 1 N–H and O–H groups in total. The summed E-state index contributed by atoms with van der Waals surface area (Å²) >= 11 is 0. The predicted molar refractivity (Wildman–Crippen MR) is 88.0 cm³/mol. The Morgan fingerprint density at radius 1 is 1.57 bits per heavy atom. The molecule has 1 unspecified atom stereocenters. The molecule has 0 aliphatic carbocycles. The van der Waals surface area contributed by atoms with Gasteiger partial charge in [-0.3, -0.25) is 0 Å². The summed E-state index contributed by atoms with van der Waals surface area (Å²) < 4.78 is 5.44. The van der Waals surface area contributed by atoms with Crippen molar-refractivity contribution in [3.8, 4) is 6.07 Å². The molecule has 0 aromatic carbocycles. The van der Waals surface area contributed by atoms with Gasteiger partial charge in [0.2, 0.25) is 0 Å². The number of nitriles is 1. The molecule has 0 saturated carbocycles. The number of hydrogen-bond acceptors (Lipinski definition) is 5. The molecule has 1 aromatic rings. The highest BCUT2D eigenvalue weighted by Gasteiger charge is 2.27. The number of rotatable bonds is 3.